The minimum atomic E-state index is -0.515. The highest BCUT2D eigenvalue weighted by atomic mass is 127. The Balaban J connectivity index is 2.60. The second kappa shape index (κ2) is 3.38. The summed E-state index contributed by atoms with van der Waals surface area (Å²) in [4.78, 5) is 23.1. The van der Waals surface area contributed by atoms with Crippen molar-refractivity contribution in [2.75, 3.05) is 13.2 Å². The van der Waals surface area contributed by atoms with Gasteiger partial charge in [-0.1, -0.05) is 22.6 Å². The highest BCUT2D eigenvalue weighted by molar-refractivity contribution is 14.1. The molecular weight excluding hydrogens is 261 g/mol. The second-order valence-electron chi connectivity index (χ2n) is 2.22. The molecule has 0 aliphatic carbocycles. The minimum absolute atomic E-state index is 0.168. The molecule has 1 aliphatic rings. The van der Waals surface area contributed by atoms with Gasteiger partial charge in [0.05, 0.1) is 10.5 Å². The molecule has 1 aliphatic heterocycles. The fraction of sp³-hybridized carbons (Fsp3) is 0.667. The summed E-state index contributed by atoms with van der Waals surface area (Å²) in [6.45, 7) is 2.47. The van der Waals surface area contributed by atoms with Gasteiger partial charge in [-0.2, -0.15) is 0 Å². The van der Waals surface area contributed by atoms with Gasteiger partial charge < -0.3 is 4.74 Å². The van der Waals surface area contributed by atoms with Gasteiger partial charge in [0.25, 0.3) is 0 Å². The van der Waals surface area contributed by atoms with Gasteiger partial charge in [0.15, 0.2) is 0 Å². The van der Waals surface area contributed by atoms with Crippen LogP contribution in [0.25, 0.3) is 0 Å². The summed E-state index contributed by atoms with van der Waals surface area (Å²) in [7, 11) is 0. The largest absolute Gasteiger partial charge is 0.447 e. The number of halogens is 1. The third-order valence-electron chi connectivity index (χ3n) is 1.37. The number of rotatable bonds is 1. The molecule has 2 amide bonds. The molecule has 1 heterocycles. The van der Waals surface area contributed by atoms with E-state index in [1.54, 1.807) is 6.92 Å². The average Bonchev–Trinajstić information content (AvgIpc) is 2.33. The number of carbonyl (C=O) groups is 2. The number of hydrogen-bond donors (Lipinski definition) is 0. The molecule has 0 radical (unpaired) electrons. The van der Waals surface area contributed by atoms with E-state index in [0.717, 1.165) is 4.90 Å². The van der Waals surface area contributed by atoms with Crippen molar-refractivity contribution in [1.29, 1.82) is 0 Å². The molecule has 0 aromatic heterocycles. The molecule has 1 unspecified atom stereocenters. The normalized spacial score (nSPS) is 19.8. The van der Waals surface area contributed by atoms with E-state index < -0.39 is 6.09 Å². The third-order valence-corrected chi connectivity index (χ3v) is 1.90. The van der Waals surface area contributed by atoms with E-state index in [9.17, 15) is 9.59 Å². The van der Waals surface area contributed by atoms with Crippen molar-refractivity contribution in [3.05, 3.63) is 0 Å². The van der Waals surface area contributed by atoms with Gasteiger partial charge in [-0.3, -0.25) is 4.79 Å². The predicted octanol–water partition coefficient (Wildman–Crippen LogP) is 0.789. The zero-order chi connectivity index (χ0) is 8.43. The quantitative estimate of drug-likeness (QED) is 0.522. The van der Waals surface area contributed by atoms with Crippen LogP contribution in [0.2, 0.25) is 0 Å². The zero-order valence-electron chi connectivity index (χ0n) is 6.04. The van der Waals surface area contributed by atoms with Crippen molar-refractivity contribution in [3.8, 4) is 0 Å². The fourth-order valence-electron chi connectivity index (χ4n) is 0.808. The second-order valence-corrected chi connectivity index (χ2v) is 4.09. The highest BCUT2D eigenvalue weighted by Crippen LogP contribution is 2.09. The lowest BCUT2D eigenvalue weighted by Crippen LogP contribution is -2.35. The van der Waals surface area contributed by atoms with Crippen LogP contribution in [0.5, 0.6) is 0 Å². The van der Waals surface area contributed by atoms with Crippen LogP contribution in [-0.2, 0) is 9.53 Å². The topological polar surface area (TPSA) is 46.6 Å². The lowest BCUT2D eigenvalue weighted by molar-refractivity contribution is -0.126. The molecule has 0 aromatic rings. The fourth-order valence-corrected chi connectivity index (χ4v) is 1.14. The first kappa shape index (κ1) is 8.76. The predicted molar refractivity (Wildman–Crippen MR) is 46.5 cm³/mol. The maximum absolute atomic E-state index is 11.2. The van der Waals surface area contributed by atoms with Crippen molar-refractivity contribution >= 4 is 34.6 Å². The van der Waals surface area contributed by atoms with Gasteiger partial charge in [0.2, 0.25) is 5.91 Å². The van der Waals surface area contributed by atoms with E-state index in [-0.39, 0.29) is 9.83 Å². The smallest absolute Gasteiger partial charge is 0.416 e. The van der Waals surface area contributed by atoms with E-state index in [0.29, 0.717) is 13.2 Å². The molecule has 11 heavy (non-hydrogen) atoms. The molecule has 1 saturated heterocycles. The molecule has 4 nitrogen and oxygen atoms in total. The van der Waals surface area contributed by atoms with Gasteiger partial charge in [-0.25, -0.2) is 9.69 Å². The van der Waals surface area contributed by atoms with Gasteiger partial charge in [0.1, 0.15) is 6.61 Å². The van der Waals surface area contributed by atoms with E-state index in [1.165, 1.54) is 0 Å². The van der Waals surface area contributed by atoms with E-state index in [4.69, 9.17) is 0 Å². The van der Waals surface area contributed by atoms with Crippen molar-refractivity contribution in [3.63, 3.8) is 0 Å². The molecule has 1 rings (SSSR count). The van der Waals surface area contributed by atoms with Crippen molar-refractivity contribution in [1.82, 2.24) is 4.90 Å². The van der Waals surface area contributed by atoms with Crippen LogP contribution in [0, 0.1) is 0 Å². The Morgan fingerprint density at radius 3 is 2.82 bits per heavy atom. The maximum atomic E-state index is 11.2. The molecule has 0 saturated carbocycles. The first-order chi connectivity index (χ1) is 5.13. The highest BCUT2D eigenvalue weighted by Gasteiger charge is 2.30. The molecule has 1 atom stereocenters. The first-order valence-corrected chi connectivity index (χ1v) is 4.49. The Bertz CT molecular complexity index is 192. The standard InChI is InChI=1S/C6H8INO3/c1-4(7)5(9)8-2-3-11-6(8)10/h4H,2-3H2,1H3. The van der Waals surface area contributed by atoms with Crippen LogP contribution in [0.3, 0.4) is 0 Å². The summed E-state index contributed by atoms with van der Waals surface area (Å²) in [6.07, 6.45) is -0.515. The molecule has 1 fully saturated rings. The lowest BCUT2D eigenvalue weighted by atomic mass is 10.4. The molecule has 0 bridgehead atoms. The molecule has 62 valence electrons. The van der Waals surface area contributed by atoms with Gasteiger partial charge >= 0.3 is 6.09 Å². The number of ether oxygens (including phenoxy) is 1. The van der Waals surface area contributed by atoms with E-state index in [2.05, 4.69) is 4.74 Å². The Labute approximate surface area is 78.0 Å². The summed E-state index contributed by atoms with van der Waals surface area (Å²) in [5, 5.41) is 0. The van der Waals surface area contributed by atoms with Gasteiger partial charge in [0, 0.05) is 0 Å². The Morgan fingerprint density at radius 1 is 1.82 bits per heavy atom. The van der Waals surface area contributed by atoms with Crippen LogP contribution in [0.1, 0.15) is 6.92 Å². The SMILES string of the molecule is CC(I)C(=O)N1CCOC1=O. The van der Waals surface area contributed by atoms with Gasteiger partial charge in [-0.05, 0) is 6.92 Å². The molecule has 5 heteroatoms. The molecule has 0 aromatic carbocycles. The summed E-state index contributed by atoms with van der Waals surface area (Å²) in [5.74, 6) is -0.173. The summed E-state index contributed by atoms with van der Waals surface area (Å²) in [5.41, 5.74) is 0. The number of nitrogens with zero attached hydrogens (tertiary/aromatic N) is 1. The van der Waals surface area contributed by atoms with Crippen molar-refractivity contribution < 1.29 is 14.3 Å². The van der Waals surface area contributed by atoms with Crippen LogP contribution in [0.4, 0.5) is 4.79 Å². The Morgan fingerprint density at radius 2 is 2.45 bits per heavy atom. The first-order valence-electron chi connectivity index (χ1n) is 3.25. The summed E-state index contributed by atoms with van der Waals surface area (Å²) < 4.78 is 4.43. The van der Waals surface area contributed by atoms with Crippen LogP contribution < -0.4 is 0 Å². The number of carbonyl (C=O) groups excluding carboxylic acids is 2. The molecular formula is C6H8INO3. The number of amides is 2. The molecule has 0 N–H and O–H groups in total. The average molecular weight is 269 g/mol. The summed E-state index contributed by atoms with van der Waals surface area (Å²) in [6, 6.07) is 0. The number of imide groups is 1. The van der Waals surface area contributed by atoms with E-state index in [1.807, 2.05) is 22.6 Å². The van der Waals surface area contributed by atoms with Crippen LogP contribution in [0.15, 0.2) is 0 Å². The third kappa shape index (κ3) is 1.82. The Hall–Kier alpha value is -0.330. The zero-order valence-corrected chi connectivity index (χ0v) is 8.20. The lowest BCUT2D eigenvalue weighted by Gasteiger charge is -2.11. The van der Waals surface area contributed by atoms with Gasteiger partial charge in [-0.15, -0.1) is 0 Å². The monoisotopic (exact) mass is 269 g/mol. The number of hydrogen-bond acceptors (Lipinski definition) is 3. The van der Waals surface area contributed by atoms with E-state index >= 15 is 0 Å². The van der Waals surface area contributed by atoms with Crippen molar-refractivity contribution in [2.45, 2.75) is 10.8 Å². The Kier molecular flexibility index (Phi) is 2.69. The van der Waals surface area contributed by atoms with Crippen LogP contribution >= 0.6 is 22.6 Å². The summed E-state index contributed by atoms with van der Waals surface area (Å²) >= 11 is 1.97. The minimum Gasteiger partial charge on any atom is -0.447 e. The molecule has 0 spiro atoms. The number of cyclic esters (lactones) is 1. The number of alkyl halides is 1. The van der Waals surface area contributed by atoms with Crippen LogP contribution in [-0.4, -0.2) is 34.0 Å². The van der Waals surface area contributed by atoms with Crippen molar-refractivity contribution in [2.24, 2.45) is 0 Å². The maximum Gasteiger partial charge on any atom is 0.416 e.